The number of hydrogen-bond donors (Lipinski definition) is 2. The topological polar surface area (TPSA) is 52.3 Å². The molecule has 2 N–H and O–H groups in total. The molecule has 0 amide bonds. The van der Waals surface area contributed by atoms with Gasteiger partial charge in [0.25, 0.3) is 0 Å². The number of hydrogen-bond acceptors (Lipinski definition) is 4. The van der Waals surface area contributed by atoms with E-state index in [9.17, 15) is 4.79 Å². The summed E-state index contributed by atoms with van der Waals surface area (Å²) >= 11 is 3.55. The summed E-state index contributed by atoms with van der Waals surface area (Å²) in [7, 11) is 0. The zero-order valence-electron chi connectivity index (χ0n) is 6.88. The van der Waals surface area contributed by atoms with Crippen molar-refractivity contribution in [1.29, 1.82) is 0 Å². The van der Waals surface area contributed by atoms with Gasteiger partial charge in [-0.1, -0.05) is 0 Å². The maximum Gasteiger partial charge on any atom is 0.323 e. The van der Waals surface area contributed by atoms with E-state index < -0.39 is 0 Å². The van der Waals surface area contributed by atoms with Crippen LogP contribution in [0.2, 0.25) is 0 Å². The second kappa shape index (κ2) is 2.39. The van der Waals surface area contributed by atoms with Crippen molar-refractivity contribution < 1.29 is 8.98 Å². The highest BCUT2D eigenvalue weighted by atomic mass is 32.1. The van der Waals surface area contributed by atoms with Crippen molar-refractivity contribution in [2.24, 2.45) is 11.1 Å². The molecule has 2 fully saturated rings. The van der Waals surface area contributed by atoms with Gasteiger partial charge in [0.2, 0.25) is 0 Å². The van der Waals surface area contributed by atoms with Crippen LogP contribution in [0.25, 0.3) is 0 Å². The molecule has 0 aromatic rings. The third kappa shape index (κ3) is 0.977. The van der Waals surface area contributed by atoms with Crippen molar-refractivity contribution in [3.05, 3.63) is 0 Å². The lowest BCUT2D eigenvalue weighted by molar-refractivity contribution is -0.143. The van der Waals surface area contributed by atoms with Gasteiger partial charge in [0.05, 0.1) is 5.41 Å². The Labute approximate surface area is 77.3 Å². The predicted molar refractivity (Wildman–Crippen MR) is 47.5 cm³/mol. The average Bonchev–Trinajstić information content (AvgIpc) is 2.57. The lowest BCUT2D eigenvalue weighted by Gasteiger charge is -2.22. The number of fused-ring (bicyclic) bond motifs is 2. The number of carbonyl (C=O) groups is 1. The van der Waals surface area contributed by atoms with E-state index in [4.69, 9.17) is 5.73 Å². The van der Waals surface area contributed by atoms with Gasteiger partial charge < -0.3 is 9.92 Å². The first kappa shape index (κ1) is 8.38. The van der Waals surface area contributed by atoms with E-state index in [0.29, 0.717) is 0 Å². The Hall–Kier alpha value is -0.220. The van der Waals surface area contributed by atoms with E-state index in [1.165, 1.54) is 0 Å². The molecule has 2 aliphatic carbocycles. The van der Waals surface area contributed by atoms with E-state index in [1.54, 1.807) is 0 Å². The minimum atomic E-state index is -0.281. The maximum atomic E-state index is 11.4. The van der Waals surface area contributed by atoms with Gasteiger partial charge in [-0.3, -0.25) is 4.79 Å². The first-order valence-electron chi connectivity index (χ1n) is 4.25. The summed E-state index contributed by atoms with van der Waals surface area (Å²) in [5, 5.41) is 0. The lowest BCUT2D eigenvalue weighted by Crippen LogP contribution is -2.33. The van der Waals surface area contributed by atoms with Crippen molar-refractivity contribution >= 4 is 18.9 Å². The molecule has 4 heteroatoms. The summed E-state index contributed by atoms with van der Waals surface area (Å²) in [5.74, 6) is -0.185. The Balaban J connectivity index is 2.20. The van der Waals surface area contributed by atoms with Gasteiger partial charge in [-0.25, -0.2) is 0 Å². The summed E-state index contributed by atoms with van der Waals surface area (Å²) in [6.07, 6.45) is 4.46. The SMILES string of the molecule is NC12CCC(C(=O)OS)(CC1)C2. The number of nitrogens with two attached hydrogens (primary N) is 1. The minimum absolute atomic E-state index is 0.0814. The molecule has 0 radical (unpaired) electrons. The Kier molecular flexibility index (Phi) is 1.67. The fourth-order valence-corrected chi connectivity index (χ4v) is 2.82. The standard InChI is InChI=1S/C8H13NO2S/c9-8-3-1-7(5-8,2-4-8)6(10)11-12/h12H,1-5,9H2. The second-order valence-corrected chi connectivity index (χ2v) is 4.38. The van der Waals surface area contributed by atoms with Gasteiger partial charge in [-0.2, -0.15) is 0 Å². The normalized spacial score (nSPS) is 44.8. The van der Waals surface area contributed by atoms with Crippen LogP contribution in [0.15, 0.2) is 0 Å². The molecular formula is C8H13NO2S. The van der Waals surface area contributed by atoms with Crippen LogP contribution >= 0.6 is 12.9 Å². The van der Waals surface area contributed by atoms with Crippen LogP contribution in [0, 0.1) is 5.41 Å². The quantitative estimate of drug-likeness (QED) is 0.476. The smallest absolute Gasteiger partial charge is 0.323 e. The molecule has 0 unspecified atom stereocenters. The largest absolute Gasteiger partial charge is 0.394 e. The number of rotatable bonds is 1. The second-order valence-electron chi connectivity index (χ2n) is 4.20. The molecule has 0 heterocycles. The maximum absolute atomic E-state index is 11.4. The zero-order valence-corrected chi connectivity index (χ0v) is 7.77. The third-order valence-corrected chi connectivity index (χ3v) is 3.58. The van der Waals surface area contributed by atoms with Gasteiger partial charge in [-0.15, -0.1) is 0 Å². The zero-order chi connectivity index (χ0) is 8.82. The molecule has 0 aromatic heterocycles. The molecule has 68 valence electrons. The van der Waals surface area contributed by atoms with Crippen LogP contribution in [-0.2, 0) is 8.98 Å². The number of thiol groups is 1. The summed E-state index contributed by atoms with van der Waals surface area (Å²) in [5.41, 5.74) is 5.68. The van der Waals surface area contributed by atoms with Crippen molar-refractivity contribution in [3.63, 3.8) is 0 Å². The highest BCUT2D eigenvalue weighted by molar-refractivity contribution is 7.75. The van der Waals surface area contributed by atoms with E-state index in [0.717, 1.165) is 32.1 Å². The lowest BCUT2D eigenvalue weighted by atomic mass is 9.84. The van der Waals surface area contributed by atoms with Crippen molar-refractivity contribution in [3.8, 4) is 0 Å². The molecule has 0 aliphatic heterocycles. The fraction of sp³-hybridized carbons (Fsp3) is 0.875. The first-order valence-corrected chi connectivity index (χ1v) is 4.62. The van der Waals surface area contributed by atoms with E-state index >= 15 is 0 Å². The molecule has 2 saturated carbocycles. The summed E-state index contributed by atoms with van der Waals surface area (Å²) in [6, 6.07) is 0. The van der Waals surface area contributed by atoms with Crippen molar-refractivity contribution in [1.82, 2.24) is 0 Å². The highest BCUT2D eigenvalue weighted by Crippen LogP contribution is 2.55. The summed E-state index contributed by atoms with van der Waals surface area (Å²) < 4.78 is 4.50. The Bertz CT molecular complexity index is 221. The first-order chi connectivity index (χ1) is 5.60. The molecule has 0 atom stereocenters. The molecule has 0 spiro atoms. The molecule has 2 bridgehead atoms. The monoisotopic (exact) mass is 187 g/mol. The van der Waals surface area contributed by atoms with Crippen LogP contribution in [0.1, 0.15) is 32.1 Å². The van der Waals surface area contributed by atoms with Crippen LogP contribution in [0.3, 0.4) is 0 Å². The average molecular weight is 187 g/mol. The molecule has 2 rings (SSSR count). The summed E-state index contributed by atoms with van der Waals surface area (Å²) in [6.45, 7) is 0. The molecule has 12 heavy (non-hydrogen) atoms. The van der Waals surface area contributed by atoms with E-state index in [-0.39, 0.29) is 16.9 Å². The third-order valence-electron chi connectivity index (χ3n) is 3.41. The highest BCUT2D eigenvalue weighted by Gasteiger charge is 2.57. The molecule has 3 nitrogen and oxygen atoms in total. The number of carbonyl (C=O) groups excluding carboxylic acids is 1. The Morgan fingerprint density at radius 3 is 2.25 bits per heavy atom. The minimum Gasteiger partial charge on any atom is -0.394 e. The van der Waals surface area contributed by atoms with Crippen LogP contribution in [0.5, 0.6) is 0 Å². The van der Waals surface area contributed by atoms with Gasteiger partial charge >= 0.3 is 5.97 Å². The summed E-state index contributed by atoms with van der Waals surface area (Å²) in [4.78, 5) is 11.4. The van der Waals surface area contributed by atoms with Crippen LogP contribution in [0.4, 0.5) is 0 Å². The molecule has 0 saturated heterocycles. The predicted octanol–water partition coefficient (Wildman–Crippen LogP) is 1.04. The van der Waals surface area contributed by atoms with Crippen LogP contribution < -0.4 is 5.73 Å². The van der Waals surface area contributed by atoms with Crippen LogP contribution in [-0.4, -0.2) is 11.5 Å². The Morgan fingerprint density at radius 2 is 1.92 bits per heavy atom. The van der Waals surface area contributed by atoms with Gasteiger partial charge in [0.1, 0.15) is 0 Å². The molecule has 0 aromatic carbocycles. The fourth-order valence-electron chi connectivity index (χ4n) is 2.63. The van der Waals surface area contributed by atoms with Gasteiger partial charge in [0, 0.05) is 18.4 Å². The van der Waals surface area contributed by atoms with E-state index in [1.807, 2.05) is 0 Å². The van der Waals surface area contributed by atoms with Crippen molar-refractivity contribution in [2.75, 3.05) is 0 Å². The Morgan fingerprint density at radius 1 is 1.33 bits per heavy atom. The van der Waals surface area contributed by atoms with Crippen molar-refractivity contribution in [2.45, 2.75) is 37.6 Å². The van der Waals surface area contributed by atoms with Gasteiger partial charge in [0.15, 0.2) is 0 Å². The van der Waals surface area contributed by atoms with E-state index in [2.05, 4.69) is 17.1 Å². The molecule has 2 aliphatic rings. The van der Waals surface area contributed by atoms with Gasteiger partial charge in [-0.05, 0) is 32.1 Å². The molecular weight excluding hydrogens is 174 g/mol.